The van der Waals surface area contributed by atoms with Crippen molar-refractivity contribution in [3.8, 4) is 0 Å². The van der Waals surface area contributed by atoms with Crippen LogP contribution in [0.1, 0.15) is 0 Å². The van der Waals surface area contributed by atoms with Crippen molar-refractivity contribution in [2.24, 2.45) is 5.14 Å². The number of nitrogens with one attached hydrogen (secondary N) is 2. The Balaban J connectivity index is 3.95. The molecule has 0 spiro atoms. The summed E-state index contributed by atoms with van der Waals surface area (Å²) >= 11 is 0. The van der Waals surface area contributed by atoms with Crippen molar-refractivity contribution in [3.05, 3.63) is 0 Å². The van der Waals surface area contributed by atoms with Gasteiger partial charge in [0.05, 0.1) is 12.4 Å². The maximum atomic E-state index is 11.0. The summed E-state index contributed by atoms with van der Waals surface area (Å²) in [5.41, 5.74) is 0. The van der Waals surface area contributed by atoms with E-state index < -0.39 is 40.4 Å². The van der Waals surface area contributed by atoms with E-state index in [4.69, 9.17) is 10.2 Å². The third-order valence-corrected chi connectivity index (χ3v) is 2.23. The minimum absolute atomic E-state index is 0.248. The fraction of sp³-hybridized carbons (Fsp3) is 0.667. The predicted molar refractivity (Wildman–Crippen MR) is 53.0 cm³/mol. The lowest BCUT2D eigenvalue weighted by atomic mass is 10.3. The van der Waals surface area contributed by atoms with Gasteiger partial charge >= 0.3 is 12.0 Å². The lowest BCUT2D eigenvalue weighted by molar-refractivity contribution is -0.140. The Hall–Kier alpha value is -1.39. The van der Waals surface area contributed by atoms with E-state index in [1.807, 2.05) is 5.32 Å². The molecule has 0 aromatic heterocycles. The monoisotopic (exact) mass is 255 g/mol. The van der Waals surface area contributed by atoms with Gasteiger partial charge in [0.1, 0.15) is 0 Å². The van der Waals surface area contributed by atoms with Crippen LogP contribution in [0.15, 0.2) is 0 Å². The predicted octanol–water partition coefficient (Wildman–Crippen LogP) is -2.98. The Morgan fingerprint density at radius 1 is 1.38 bits per heavy atom. The maximum absolute atomic E-state index is 11.0. The molecule has 6 N–H and O–H groups in total. The van der Waals surface area contributed by atoms with Crippen LogP contribution in [0.4, 0.5) is 4.79 Å². The molecule has 94 valence electrons. The molecule has 0 radical (unpaired) electrons. The minimum atomic E-state index is -3.68. The zero-order chi connectivity index (χ0) is 12.8. The number of carboxylic acid groups (broad SMARTS) is 1. The van der Waals surface area contributed by atoms with Gasteiger partial charge in [-0.3, -0.25) is 0 Å². The van der Waals surface area contributed by atoms with Gasteiger partial charge in [-0.25, -0.2) is 23.1 Å². The molecule has 9 nitrogen and oxygen atoms in total. The number of urea groups is 1. The highest BCUT2D eigenvalue weighted by atomic mass is 32.2. The SMILES string of the molecule is NS(=O)(=O)CCNC(=O)N[C@@H](CO)C(=O)O. The Labute approximate surface area is 91.7 Å². The summed E-state index contributed by atoms with van der Waals surface area (Å²) in [6.45, 7) is -1.01. The molecule has 0 aliphatic heterocycles. The van der Waals surface area contributed by atoms with E-state index in [1.54, 1.807) is 0 Å². The van der Waals surface area contributed by atoms with Crippen LogP contribution in [0.5, 0.6) is 0 Å². The van der Waals surface area contributed by atoms with E-state index >= 15 is 0 Å². The zero-order valence-corrected chi connectivity index (χ0v) is 9.03. The topological polar surface area (TPSA) is 159 Å². The normalized spacial score (nSPS) is 12.9. The van der Waals surface area contributed by atoms with Crippen molar-refractivity contribution < 1.29 is 28.2 Å². The summed E-state index contributed by atoms with van der Waals surface area (Å²) in [7, 11) is -3.68. The number of rotatable bonds is 6. The van der Waals surface area contributed by atoms with Crippen molar-refractivity contribution in [3.63, 3.8) is 0 Å². The number of primary sulfonamides is 1. The van der Waals surface area contributed by atoms with E-state index in [1.165, 1.54) is 0 Å². The lowest BCUT2D eigenvalue weighted by Crippen LogP contribution is -2.48. The number of amides is 2. The van der Waals surface area contributed by atoms with Gasteiger partial charge in [-0.2, -0.15) is 0 Å². The first-order valence-electron chi connectivity index (χ1n) is 4.14. The molecule has 10 heteroatoms. The summed E-state index contributed by atoms with van der Waals surface area (Å²) in [6, 6.07) is -2.33. The van der Waals surface area contributed by atoms with Crippen LogP contribution in [-0.2, 0) is 14.8 Å². The molecular weight excluding hydrogens is 242 g/mol. The van der Waals surface area contributed by atoms with Crippen molar-refractivity contribution >= 4 is 22.0 Å². The number of carbonyl (C=O) groups excluding carboxylic acids is 1. The van der Waals surface area contributed by atoms with Crippen molar-refractivity contribution in [2.45, 2.75) is 6.04 Å². The molecular formula is C6H13N3O6S. The fourth-order valence-electron chi connectivity index (χ4n) is 0.702. The van der Waals surface area contributed by atoms with Crippen LogP contribution >= 0.6 is 0 Å². The number of aliphatic hydroxyl groups excluding tert-OH is 1. The van der Waals surface area contributed by atoms with Gasteiger partial charge in [-0.1, -0.05) is 0 Å². The minimum Gasteiger partial charge on any atom is -0.480 e. The summed E-state index contributed by atoms with van der Waals surface area (Å²) in [5, 5.41) is 25.7. The summed E-state index contributed by atoms with van der Waals surface area (Å²) in [4.78, 5) is 21.4. The van der Waals surface area contributed by atoms with Crippen LogP contribution in [0.25, 0.3) is 0 Å². The van der Waals surface area contributed by atoms with Crippen LogP contribution in [-0.4, -0.2) is 55.6 Å². The van der Waals surface area contributed by atoms with Gasteiger partial charge in [-0.05, 0) is 0 Å². The van der Waals surface area contributed by atoms with Crippen LogP contribution in [0.2, 0.25) is 0 Å². The van der Waals surface area contributed by atoms with Crippen LogP contribution < -0.4 is 15.8 Å². The molecule has 0 aliphatic rings. The number of hydrogen-bond donors (Lipinski definition) is 5. The van der Waals surface area contributed by atoms with Crippen molar-refractivity contribution in [1.82, 2.24) is 10.6 Å². The molecule has 0 bridgehead atoms. The number of aliphatic hydroxyl groups is 1. The maximum Gasteiger partial charge on any atom is 0.328 e. The first kappa shape index (κ1) is 14.6. The summed E-state index contributed by atoms with van der Waals surface area (Å²) in [5.74, 6) is -1.86. The number of carbonyl (C=O) groups is 2. The molecule has 2 amide bonds. The Morgan fingerprint density at radius 3 is 2.31 bits per heavy atom. The van der Waals surface area contributed by atoms with E-state index in [-0.39, 0.29) is 6.54 Å². The van der Waals surface area contributed by atoms with Crippen LogP contribution in [0, 0.1) is 0 Å². The second-order valence-corrected chi connectivity index (χ2v) is 4.57. The first-order valence-corrected chi connectivity index (χ1v) is 5.86. The van der Waals surface area contributed by atoms with E-state index in [0.717, 1.165) is 0 Å². The second kappa shape index (κ2) is 6.25. The third kappa shape index (κ3) is 6.98. The molecule has 0 aliphatic carbocycles. The van der Waals surface area contributed by atoms with Gasteiger partial charge in [0.2, 0.25) is 10.0 Å². The Kier molecular flexibility index (Phi) is 5.71. The standard InChI is InChI=1S/C6H13N3O6S/c7-16(14,15)2-1-8-6(13)9-4(3-10)5(11)12/h4,10H,1-3H2,(H,11,12)(H2,7,14,15)(H2,8,9,13)/t4-/m0/s1. The number of aliphatic carboxylic acids is 1. The van der Waals surface area contributed by atoms with Gasteiger partial charge in [0, 0.05) is 6.54 Å². The molecule has 0 aromatic carbocycles. The molecule has 0 fully saturated rings. The van der Waals surface area contributed by atoms with Gasteiger partial charge in [0.25, 0.3) is 0 Å². The van der Waals surface area contributed by atoms with Gasteiger partial charge in [0.15, 0.2) is 6.04 Å². The molecule has 0 unspecified atom stereocenters. The average molecular weight is 255 g/mol. The number of nitrogens with two attached hydrogens (primary N) is 1. The number of carboxylic acids is 1. The van der Waals surface area contributed by atoms with Crippen molar-refractivity contribution in [2.75, 3.05) is 18.9 Å². The largest absolute Gasteiger partial charge is 0.480 e. The highest BCUT2D eigenvalue weighted by Crippen LogP contribution is 1.82. The van der Waals surface area contributed by atoms with Crippen LogP contribution in [0.3, 0.4) is 0 Å². The lowest BCUT2D eigenvalue weighted by Gasteiger charge is -2.12. The van der Waals surface area contributed by atoms with Crippen molar-refractivity contribution in [1.29, 1.82) is 0 Å². The molecule has 16 heavy (non-hydrogen) atoms. The number of sulfonamides is 1. The van der Waals surface area contributed by atoms with Gasteiger partial charge < -0.3 is 20.8 Å². The van der Waals surface area contributed by atoms with E-state index in [9.17, 15) is 18.0 Å². The Bertz CT molecular complexity index is 353. The highest BCUT2D eigenvalue weighted by molar-refractivity contribution is 7.89. The molecule has 0 rings (SSSR count). The zero-order valence-electron chi connectivity index (χ0n) is 8.21. The first-order chi connectivity index (χ1) is 7.26. The quantitative estimate of drug-likeness (QED) is 0.340. The summed E-state index contributed by atoms with van der Waals surface area (Å²) in [6.07, 6.45) is 0. The summed E-state index contributed by atoms with van der Waals surface area (Å²) < 4.78 is 20.9. The average Bonchev–Trinajstić information content (AvgIpc) is 2.11. The molecule has 0 heterocycles. The van der Waals surface area contributed by atoms with E-state index in [2.05, 4.69) is 10.5 Å². The molecule has 0 saturated heterocycles. The van der Waals surface area contributed by atoms with E-state index in [0.29, 0.717) is 0 Å². The molecule has 0 saturated carbocycles. The second-order valence-electron chi connectivity index (χ2n) is 2.84. The fourth-order valence-corrected chi connectivity index (χ4v) is 1.09. The third-order valence-electron chi connectivity index (χ3n) is 1.46. The smallest absolute Gasteiger partial charge is 0.328 e. The molecule has 0 aromatic rings. The Morgan fingerprint density at radius 2 is 1.94 bits per heavy atom. The number of hydrogen-bond acceptors (Lipinski definition) is 5. The molecule has 1 atom stereocenters. The highest BCUT2D eigenvalue weighted by Gasteiger charge is 2.18. The van der Waals surface area contributed by atoms with Gasteiger partial charge in [-0.15, -0.1) is 0 Å².